The minimum atomic E-state index is 0.581. The van der Waals surface area contributed by atoms with Crippen molar-refractivity contribution in [2.45, 2.75) is 38.6 Å². The number of aromatic nitrogens is 1. The van der Waals surface area contributed by atoms with E-state index in [9.17, 15) is 0 Å². The molecule has 3 rings (SSSR count). The van der Waals surface area contributed by atoms with Crippen molar-refractivity contribution in [1.29, 1.82) is 0 Å². The third-order valence-electron chi connectivity index (χ3n) is 4.03. The van der Waals surface area contributed by atoms with Gasteiger partial charge in [-0.3, -0.25) is 0 Å². The Morgan fingerprint density at radius 1 is 1.25 bits per heavy atom. The summed E-state index contributed by atoms with van der Waals surface area (Å²) in [6.45, 7) is 4.55. The van der Waals surface area contributed by atoms with Gasteiger partial charge in [0.05, 0.1) is 11.9 Å². The fraction of sp³-hybridized carbons (Fsp3) is 0.600. The number of rotatable bonds is 3. The molecule has 1 aliphatic carbocycles. The van der Waals surface area contributed by atoms with Crippen molar-refractivity contribution >= 4 is 28.8 Å². The van der Waals surface area contributed by atoms with Gasteiger partial charge in [0.1, 0.15) is 5.82 Å². The van der Waals surface area contributed by atoms with E-state index in [1.165, 1.54) is 25.7 Å². The maximum absolute atomic E-state index is 5.26. The lowest BCUT2D eigenvalue weighted by Gasteiger charge is -2.31. The lowest BCUT2D eigenvalue weighted by atomic mass is 9.99. The average molecular weight is 290 g/mol. The van der Waals surface area contributed by atoms with Crippen LogP contribution in [0.5, 0.6) is 0 Å². The van der Waals surface area contributed by atoms with Gasteiger partial charge in [0.2, 0.25) is 0 Å². The Morgan fingerprint density at radius 2 is 2.00 bits per heavy atom. The summed E-state index contributed by atoms with van der Waals surface area (Å²) < 4.78 is 0. The molecule has 0 unspecified atom stereocenters. The monoisotopic (exact) mass is 290 g/mol. The van der Waals surface area contributed by atoms with Gasteiger partial charge in [-0.25, -0.2) is 4.98 Å². The van der Waals surface area contributed by atoms with Crippen LogP contribution < -0.4 is 15.5 Å². The van der Waals surface area contributed by atoms with Gasteiger partial charge in [0, 0.05) is 19.1 Å². The number of anilines is 2. The summed E-state index contributed by atoms with van der Waals surface area (Å²) in [6.07, 6.45) is 6.85. The van der Waals surface area contributed by atoms with E-state index >= 15 is 0 Å². The molecule has 5 heteroatoms. The Bertz CT molecular complexity index is 461. The fourth-order valence-corrected chi connectivity index (χ4v) is 2.75. The van der Waals surface area contributed by atoms with Gasteiger partial charge in [-0.05, 0) is 56.0 Å². The second-order valence-electron chi connectivity index (χ2n) is 5.95. The molecule has 1 aromatic rings. The Hall–Kier alpha value is -1.36. The van der Waals surface area contributed by atoms with E-state index in [4.69, 9.17) is 12.2 Å². The summed E-state index contributed by atoms with van der Waals surface area (Å²) in [7, 11) is 0. The second kappa shape index (κ2) is 5.95. The number of piperidine rings is 1. The minimum absolute atomic E-state index is 0.581. The molecule has 2 heterocycles. The van der Waals surface area contributed by atoms with E-state index in [0.717, 1.165) is 30.5 Å². The zero-order valence-electron chi connectivity index (χ0n) is 11.9. The van der Waals surface area contributed by atoms with Gasteiger partial charge in [0.15, 0.2) is 5.11 Å². The third kappa shape index (κ3) is 3.60. The first-order valence-electron chi connectivity index (χ1n) is 7.49. The van der Waals surface area contributed by atoms with Gasteiger partial charge in [-0.2, -0.15) is 0 Å². The number of nitrogens with one attached hydrogen (secondary N) is 2. The Morgan fingerprint density at radius 3 is 2.60 bits per heavy atom. The lowest BCUT2D eigenvalue weighted by Crippen LogP contribution is -2.33. The molecule has 2 N–H and O–H groups in total. The molecular formula is C15H22N4S. The van der Waals surface area contributed by atoms with Crippen LogP contribution in [0, 0.1) is 5.92 Å². The molecule has 1 aromatic heterocycles. The van der Waals surface area contributed by atoms with E-state index in [1.807, 2.05) is 6.20 Å². The van der Waals surface area contributed by atoms with Crippen LogP contribution in [0.2, 0.25) is 0 Å². The summed E-state index contributed by atoms with van der Waals surface area (Å²) in [4.78, 5) is 6.92. The van der Waals surface area contributed by atoms with Gasteiger partial charge in [-0.1, -0.05) is 6.92 Å². The zero-order chi connectivity index (χ0) is 13.9. The molecule has 0 bridgehead atoms. The molecule has 0 atom stereocenters. The van der Waals surface area contributed by atoms with Crippen LogP contribution in [0.25, 0.3) is 0 Å². The predicted molar refractivity (Wildman–Crippen MR) is 87.2 cm³/mol. The third-order valence-corrected chi connectivity index (χ3v) is 4.25. The SMILES string of the molecule is CC1CCN(c2ccc(NC(=S)NC3CC3)cn2)CC1. The smallest absolute Gasteiger partial charge is 0.171 e. The highest BCUT2D eigenvalue weighted by Crippen LogP contribution is 2.22. The van der Waals surface area contributed by atoms with Crippen LogP contribution in [0.3, 0.4) is 0 Å². The summed E-state index contributed by atoms with van der Waals surface area (Å²) in [5.74, 6) is 1.92. The van der Waals surface area contributed by atoms with Gasteiger partial charge in [-0.15, -0.1) is 0 Å². The number of pyridine rings is 1. The molecule has 1 saturated carbocycles. The molecule has 108 valence electrons. The van der Waals surface area contributed by atoms with Gasteiger partial charge >= 0.3 is 0 Å². The van der Waals surface area contributed by atoms with E-state index in [0.29, 0.717) is 11.2 Å². The normalized spacial score (nSPS) is 19.8. The van der Waals surface area contributed by atoms with E-state index in [1.54, 1.807) is 0 Å². The highest BCUT2D eigenvalue weighted by molar-refractivity contribution is 7.80. The zero-order valence-corrected chi connectivity index (χ0v) is 12.7. The summed E-state index contributed by atoms with van der Waals surface area (Å²) in [5, 5.41) is 7.16. The molecule has 20 heavy (non-hydrogen) atoms. The van der Waals surface area contributed by atoms with Crippen molar-refractivity contribution in [2.24, 2.45) is 5.92 Å². The number of nitrogens with zero attached hydrogens (tertiary/aromatic N) is 2. The number of thiocarbonyl (C=S) groups is 1. The maximum atomic E-state index is 5.26. The largest absolute Gasteiger partial charge is 0.360 e. The first-order chi connectivity index (χ1) is 9.70. The van der Waals surface area contributed by atoms with Crippen molar-refractivity contribution in [3.05, 3.63) is 18.3 Å². The van der Waals surface area contributed by atoms with Crippen LogP contribution in [-0.2, 0) is 0 Å². The standard InChI is InChI=1S/C15H22N4S/c1-11-6-8-19(9-7-11)14-5-4-13(10-16-14)18-15(20)17-12-2-3-12/h4-5,10-12H,2-3,6-9H2,1H3,(H2,17,18,20). The summed E-state index contributed by atoms with van der Waals surface area (Å²) in [6, 6.07) is 4.72. The molecular weight excluding hydrogens is 268 g/mol. The van der Waals surface area contributed by atoms with Crippen LogP contribution >= 0.6 is 12.2 Å². The summed E-state index contributed by atoms with van der Waals surface area (Å²) >= 11 is 5.26. The van der Waals surface area contributed by atoms with Gasteiger partial charge in [0.25, 0.3) is 0 Å². The number of hydrogen-bond acceptors (Lipinski definition) is 3. The molecule has 1 saturated heterocycles. The first-order valence-corrected chi connectivity index (χ1v) is 7.90. The molecule has 0 aromatic carbocycles. The molecule has 0 spiro atoms. The fourth-order valence-electron chi connectivity index (χ4n) is 2.46. The maximum Gasteiger partial charge on any atom is 0.171 e. The Balaban J connectivity index is 1.55. The average Bonchev–Trinajstić information content (AvgIpc) is 3.24. The minimum Gasteiger partial charge on any atom is -0.360 e. The van der Waals surface area contributed by atoms with Crippen molar-refractivity contribution in [3.63, 3.8) is 0 Å². The molecule has 4 nitrogen and oxygen atoms in total. The number of hydrogen-bond donors (Lipinski definition) is 2. The Kier molecular flexibility index (Phi) is 4.05. The Labute approximate surface area is 126 Å². The molecule has 1 aliphatic heterocycles. The molecule has 0 amide bonds. The van der Waals surface area contributed by atoms with Crippen LogP contribution in [0.4, 0.5) is 11.5 Å². The molecule has 0 radical (unpaired) electrons. The van der Waals surface area contributed by atoms with E-state index in [-0.39, 0.29) is 0 Å². The van der Waals surface area contributed by atoms with Crippen molar-refractivity contribution in [1.82, 2.24) is 10.3 Å². The van der Waals surface area contributed by atoms with Crippen LogP contribution in [0.1, 0.15) is 32.6 Å². The molecule has 2 fully saturated rings. The highest BCUT2D eigenvalue weighted by Gasteiger charge is 2.21. The van der Waals surface area contributed by atoms with Crippen LogP contribution in [-0.4, -0.2) is 29.2 Å². The summed E-state index contributed by atoms with van der Waals surface area (Å²) in [5.41, 5.74) is 0.956. The van der Waals surface area contributed by atoms with Crippen molar-refractivity contribution in [2.75, 3.05) is 23.3 Å². The molecule has 2 aliphatic rings. The topological polar surface area (TPSA) is 40.2 Å². The first kappa shape index (κ1) is 13.6. The van der Waals surface area contributed by atoms with E-state index in [2.05, 4.69) is 39.6 Å². The van der Waals surface area contributed by atoms with Crippen molar-refractivity contribution in [3.8, 4) is 0 Å². The second-order valence-corrected chi connectivity index (χ2v) is 6.36. The van der Waals surface area contributed by atoms with E-state index < -0.39 is 0 Å². The predicted octanol–water partition coefficient (Wildman–Crippen LogP) is 2.77. The quantitative estimate of drug-likeness (QED) is 0.838. The van der Waals surface area contributed by atoms with Crippen molar-refractivity contribution < 1.29 is 0 Å². The van der Waals surface area contributed by atoms with Gasteiger partial charge < -0.3 is 15.5 Å². The lowest BCUT2D eigenvalue weighted by molar-refractivity contribution is 0.436. The highest BCUT2D eigenvalue weighted by atomic mass is 32.1. The van der Waals surface area contributed by atoms with Crippen LogP contribution in [0.15, 0.2) is 18.3 Å².